The molecule has 9 heteroatoms. The number of hydrogen-bond donors (Lipinski definition) is 1. The number of carboxylic acids is 1. The summed E-state index contributed by atoms with van der Waals surface area (Å²) in [5.74, 6) is -2.07. The fraction of sp³-hybridized carbons (Fsp3) is 0.538. The fourth-order valence-corrected chi connectivity index (χ4v) is 3.94. The molecule has 1 aromatic heterocycles. The Hall–Kier alpha value is -1.87. The molecular formula is C13H18N2O6S. The molecule has 1 atom stereocenters. The topological polar surface area (TPSA) is 108 Å². The van der Waals surface area contributed by atoms with E-state index < -0.39 is 32.9 Å². The summed E-state index contributed by atoms with van der Waals surface area (Å²) in [5, 5.41) is 8.36. The lowest BCUT2D eigenvalue weighted by molar-refractivity contribution is -0.133. The average Bonchev–Trinajstić information content (AvgIpc) is 3.14. The first-order valence-corrected chi connectivity index (χ1v) is 8.33. The molecule has 1 aromatic rings. The lowest BCUT2D eigenvalue weighted by Gasteiger charge is -2.26. The highest BCUT2D eigenvalue weighted by Gasteiger charge is 2.41. The van der Waals surface area contributed by atoms with Gasteiger partial charge in [-0.2, -0.15) is 4.31 Å². The molecule has 0 aliphatic carbocycles. The zero-order valence-electron chi connectivity index (χ0n) is 12.4. The van der Waals surface area contributed by atoms with Gasteiger partial charge in [0.1, 0.15) is 6.04 Å². The van der Waals surface area contributed by atoms with Gasteiger partial charge in [-0.15, -0.1) is 0 Å². The van der Waals surface area contributed by atoms with Crippen molar-refractivity contribution >= 4 is 21.9 Å². The van der Waals surface area contributed by atoms with E-state index in [1.54, 1.807) is 14.0 Å². The van der Waals surface area contributed by atoms with Gasteiger partial charge >= 0.3 is 5.97 Å². The summed E-state index contributed by atoms with van der Waals surface area (Å²) in [6, 6.07) is 1.41. The van der Waals surface area contributed by atoms with Crippen molar-refractivity contribution in [3.63, 3.8) is 0 Å². The largest absolute Gasteiger partial charge is 0.475 e. The van der Waals surface area contributed by atoms with Crippen LogP contribution in [0.25, 0.3) is 0 Å². The van der Waals surface area contributed by atoms with Crippen molar-refractivity contribution in [2.45, 2.75) is 30.9 Å². The van der Waals surface area contributed by atoms with E-state index >= 15 is 0 Å². The van der Waals surface area contributed by atoms with Crippen molar-refractivity contribution in [3.05, 3.63) is 17.9 Å². The Labute approximate surface area is 128 Å². The Morgan fingerprint density at radius 2 is 2.14 bits per heavy atom. The molecule has 22 heavy (non-hydrogen) atoms. The van der Waals surface area contributed by atoms with Gasteiger partial charge in [-0.25, -0.2) is 13.2 Å². The van der Waals surface area contributed by atoms with E-state index in [4.69, 9.17) is 9.52 Å². The smallest absolute Gasteiger partial charge is 0.371 e. The minimum Gasteiger partial charge on any atom is -0.475 e. The van der Waals surface area contributed by atoms with Crippen molar-refractivity contribution in [1.29, 1.82) is 0 Å². The average molecular weight is 330 g/mol. The minimum absolute atomic E-state index is 0.208. The van der Waals surface area contributed by atoms with Crippen LogP contribution in [0.1, 0.15) is 30.3 Å². The van der Waals surface area contributed by atoms with Gasteiger partial charge in [-0.1, -0.05) is 0 Å². The number of sulfonamides is 1. The van der Waals surface area contributed by atoms with Gasteiger partial charge in [0.2, 0.25) is 16.8 Å². The van der Waals surface area contributed by atoms with Crippen LogP contribution in [0.3, 0.4) is 0 Å². The van der Waals surface area contributed by atoms with Crippen LogP contribution in [0.2, 0.25) is 0 Å². The van der Waals surface area contributed by atoms with Crippen LogP contribution >= 0.6 is 0 Å². The molecule has 1 amide bonds. The highest BCUT2D eigenvalue weighted by Crippen LogP contribution is 2.28. The number of aromatic carboxylic acids is 1. The van der Waals surface area contributed by atoms with Crippen molar-refractivity contribution in [2.75, 3.05) is 20.1 Å². The van der Waals surface area contributed by atoms with E-state index in [1.165, 1.54) is 4.90 Å². The van der Waals surface area contributed by atoms with Gasteiger partial charge in [0.05, 0.1) is 0 Å². The molecule has 8 nitrogen and oxygen atoms in total. The van der Waals surface area contributed by atoms with Crippen LogP contribution in [0, 0.1) is 0 Å². The molecule has 122 valence electrons. The first-order chi connectivity index (χ1) is 10.3. The third-order valence-corrected chi connectivity index (χ3v) is 5.48. The third-order valence-electron chi connectivity index (χ3n) is 3.69. The second kappa shape index (κ2) is 6.09. The Morgan fingerprint density at radius 1 is 1.45 bits per heavy atom. The zero-order valence-corrected chi connectivity index (χ0v) is 13.2. The second-order valence-corrected chi connectivity index (χ2v) is 6.87. The van der Waals surface area contributed by atoms with Gasteiger partial charge in [0.15, 0.2) is 0 Å². The normalized spacial score (nSPS) is 19.3. The number of likely N-dealkylation sites (N-methyl/N-ethyl adjacent to an activating group) is 1. The molecule has 1 fully saturated rings. The zero-order chi connectivity index (χ0) is 16.5. The number of furan rings is 1. The quantitative estimate of drug-likeness (QED) is 0.847. The van der Waals surface area contributed by atoms with Gasteiger partial charge in [-0.05, 0) is 31.9 Å². The van der Waals surface area contributed by atoms with Crippen LogP contribution < -0.4 is 0 Å². The molecule has 1 N–H and O–H groups in total. The van der Waals surface area contributed by atoms with E-state index in [0.717, 1.165) is 16.4 Å². The molecule has 2 heterocycles. The molecule has 1 aliphatic heterocycles. The maximum atomic E-state index is 12.6. The van der Waals surface area contributed by atoms with E-state index in [-0.39, 0.29) is 12.5 Å². The number of nitrogens with zero attached hydrogens (tertiary/aromatic N) is 2. The number of amides is 1. The Balaban J connectivity index is 2.31. The summed E-state index contributed by atoms with van der Waals surface area (Å²) < 4.78 is 31.1. The first kappa shape index (κ1) is 16.5. The summed E-state index contributed by atoms with van der Waals surface area (Å²) in [5.41, 5.74) is 0. The molecule has 0 spiro atoms. The van der Waals surface area contributed by atoms with Crippen LogP contribution in [-0.2, 0) is 14.8 Å². The minimum atomic E-state index is -4.03. The predicted octanol–water partition coefficient (Wildman–Crippen LogP) is 0.609. The van der Waals surface area contributed by atoms with Gasteiger partial charge in [0, 0.05) is 20.1 Å². The number of carbonyl (C=O) groups is 2. The summed E-state index contributed by atoms with van der Waals surface area (Å²) in [4.78, 5) is 24.5. The highest BCUT2D eigenvalue weighted by molar-refractivity contribution is 7.89. The molecule has 0 radical (unpaired) electrons. The molecule has 1 saturated heterocycles. The van der Waals surface area contributed by atoms with E-state index in [1.807, 2.05) is 0 Å². The molecule has 1 aliphatic rings. The number of carboxylic acid groups (broad SMARTS) is 1. The molecule has 0 bridgehead atoms. The SMILES string of the molecule is CCN(C)C(=O)C1CCCN1S(=O)(=O)c1ccc(C(=O)O)o1. The Bertz CT molecular complexity index is 680. The van der Waals surface area contributed by atoms with Crippen LogP contribution in [-0.4, -0.2) is 60.8 Å². The number of carbonyl (C=O) groups excluding carboxylic acids is 1. The standard InChI is InChI=1S/C13H18N2O6S/c1-3-14(2)12(16)9-5-4-8-15(9)22(19,20)11-7-6-10(21-11)13(17)18/h6-7,9H,3-5,8H2,1-2H3,(H,17,18). The Kier molecular flexibility index (Phi) is 4.57. The third kappa shape index (κ3) is 2.86. The Morgan fingerprint density at radius 3 is 2.68 bits per heavy atom. The molecule has 1 unspecified atom stereocenters. The van der Waals surface area contributed by atoms with Crippen molar-refractivity contribution < 1.29 is 27.5 Å². The van der Waals surface area contributed by atoms with Crippen LogP contribution in [0.4, 0.5) is 0 Å². The molecular weight excluding hydrogens is 312 g/mol. The van der Waals surface area contributed by atoms with E-state index in [9.17, 15) is 18.0 Å². The van der Waals surface area contributed by atoms with Crippen molar-refractivity contribution in [2.24, 2.45) is 0 Å². The first-order valence-electron chi connectivity index (χ1n) is 6.89. The summed E-state index contributed by atoms with van der Waals surface area (Å²) in [7, 11) is -2.42. The van der Waals surface area contributed by atoms with Crippen LogP contribution in [0.15, 0.2) is 21.6 Å². The van der Waals surface area contributed by atoms with E-state index in [2.05, 4.69) is 0 Å². The lowest BCUT2D eigenvalue weighted by atomic mass is 10.2. The van der Waals surface area contributed by atoms with Gasteiger partial charge in [0.25, 0.3) is 10.0 Å². The van der Waals surface area contributed by atoms with Gasteiger partial charge < -0.3 is 14.4 Å². The predicted molar refractivity (Wildman–Crippen MR) is 75.9 cm³/mol. The molecule has 0 saturated carbocycles. The molecule has 0 aromatic carbocycles. The monoisotopic (exact) mass is 330 g/mol. The summed E-state index contributed by atoms with van der Waals surface area (Å²) >= 11 is 0. The van der Waals surface area contributed by atoms with Crippen molar-refractivity contribution in [1.82, 2.24) is 9.21 Å². The van der Waals surface area contributed by atoms with Crippen molar-refractivity contribution in [3.8, 4) is 0 Å². The van der Waals surface area contributed by atoms with Gasteiger partial charge in [-0.3, -0.25) is 4.79 Å². The second-order valence-electron chi connectivity index (χ2n) is 5.05. The maximum Gasteiger partial charge on any atom is 0.371 e. The lowest BCUT2D eigenvalue weighted by Crippen LogP contribution is -2.46. The van der Waals surface area contributed by atoms with Crippen LogP contribution in [0.5, 0.6) is 0 Å². The highest BCUT2D eigenvalue weighted by atomic mass is 32.2. The maximum absolute atomic E-state index is 12.6. The number of hydrogen-bond acceptors (Lipinski definition) is 5. The molecule has 2 rings (SSSR count). The van der Waals surface area contributed by atoms with E-state index in [0.29, 0.717) is 19.4 Å². The number of rotatable bonds is 5. The summed E-state index contributed by atoms with van der Waals surface area (Å²) in [6.07, 6.45) is 1.01. The fourth-order valence-electron chi connectivity index (χ4n) is 2.37. The summed E-state index contributed by atoms with van der Waals surface area (Å²) in [6.45, 7) is 2.49.